The Hall–Kier alpha value is -2.18. The van der Waals surface area contributed by atoms with E-state index in [-0.39, 0.29) is 5.91 Å². The fourth-order valence-electron chi connectivity index (χ4n) is 3.83. The molecular formula is C22H24BrN3O2. The molecule has 6 heteroatoms. The number of aliphatic hydroxyl groups excluding tert-OH is 1. The number of carbonyl (C=O) groups excluding carboxylic acids is 1. The van der Waals surface area contributed by atoms with Gasteiger partial charge in [-0.15, -0.1) is 0 Å². The monoisotopic (exact) mass is 441 g/mol. The van der Waals surface area contributed by atoms with Gasteiger partial charge in [0.15, 0.2) is 0 Å². The molecule has 2 N–H and O–H groups in total. The van der Waals surface area contributed by atoms with Crippen LogP contribution in [0.4, 0.5) is 5.69 Å². The van der Waals surface area contributed by atoms with Crippen molar-refractivity contribution in [2.75, 3.05) is 13.1 Å². The lowest BCUT2D eigenvalue weighted by Gasteiger charge is -2.18. The van der Waals surface area contributed by atoms with Crippen molar-refractivity contribution in [1.29, 1.82) is 0 Å². The fourth-order valence-corrected chi connectivity index (χ4v) is 4.21. The van der Waals surface area contributed by atoms with Crippen molar-refractivity contribution < 1.29 is 9.90 Å². The van der Waals surface area contributed by atoms with Crippen molar-refractivity contribution in [2.45, 2.75) is 38.3 Å². The second-order valence-corrected chi connectivity index (χ2v) is 8.41. The summed E-state index contributed by atoms with van der Waals surface area (Å²) in [5.41, 5.74) is 4.49. The van der Waals surface area contributed by atoms with Crippen molar-refractivity contribution in [3.8, 4) is 0 Å². The first-order valence-electron chi connectivity index (χ1n) is 9.67. The van der Waals surface area contributed by atoms with E-state index in [9.17, 15) is 9.90 Å². The van der Waals surface area contributed by atoms with Gasteiger partial charge in [0.05, 0.1) is 24.2 Å². The van der Waals surface area contributed by atoms with Gasteiger partial charge in [0.25, 0.3) is 5.91 Å². The molecular weight excluding hydrogens is 418 g/mol. The number of fused-ring (bicyclic) bond motifs is 1. The van der Waals surface area contributed by atoms with Gasteiger partial charge in [-0.2, -0.15) is 0 Å². The second-order valence-electron chi connectivity index (χ2n) is 7.56. The summed E-state index contributed by atoms with van der Waals surface area (Å²) in [4.78, 5) is 19.5. The first-order valence-corrected chi connectivity index (χ1v) is 10.5. The predicted molar refractivity (Wildman–Crippen MR) is 114 cm³/mol. The highest BCUT2D eigenvalue weighted by Gasteiger charge is 2.32. The van der Waals surface area contributed by atoms with Crippen LogP contribution in [0.15, 0.2) is 45.9 Å². The number of amides is 1. The van der Waals surface area contributed by atoms with Crippen LogP contribution >= 0.6 is 15.9 Å². The maximum atomic E-state index is 12.7. The van der Waals surface area contributed by atoms with Crippen LogP contribution in [0.1, 0.15) is 45.9 Å². The smallest absolute Gasteiger partial charge is 0.251 e. The zero-order valence-corrected chi connectivity index (χ0v) is 17.4. The van der Waals surface area contributed by atoms with E-state index in [0.29, 0.717) is 12.0 Å². The van der Waals surface area contributed by atoms with Crippen LogP contribution in [-0.2, 0) is 6.42 Å². The van der Waals surface area contributed by atoms with Crippen LogP contribution in [0.3, 0.4) is 0 Å². The number of hydrogen-bond acceptors (Lipinski definition) is 3. The number of aliphatic hydroxyl groups is 1. The normalized spacial score (nSPS) is 21.3. The highest BCUT2D eigenvalue weighted by molar-refractivity contribution is 9.10. The summed E-state index contributed by atoms with van der Waals surface area (Å²) in [5, 5.41) is 13.5. The van der Waals surface area contributed by atoms with Gasteiger partial charge in [0, 0.05) is 29.5 Å². The van der Waals surface area contributed by atoms with Crippen molar-refractivity contribution in [3.05, 3.63) is 63.1 Å². The molecule has 0 radical (unpaired) electrons. The lowest BCUT2D eigenvalue weighted by Crippen LogP contribution is -2.33. The van der Waals surface area contributed by atoms with Crippen LogP contribution < -0.4 is 5.32 Å². The van der Waals surface area contributed by atoms with E-state index in [2.05, 4.69) is 31.1 Å². The minimum absolute atomic E-state index is 0.191. The quantitative estimate of drug-likeness (QED) is 0.558. The Morgan fingerprint density at radius 3 is 2.79 bits per heavy atom. The zero-order chi connectivity index (χ0) is 19.7. The average Bonchev–Trinajstić information content (AvgIpc) is 3.30. The molecule has 1 unspecified atom stereocenters. The van der Waals surface area contributed by atoms with E-state index >= 15 is 0 Å². The number of nitrogens with one attached hydrogen (secondary N) is 1. The van der Waals surface area contributed by atoms with E-state index in [1.54, 1.807) is 6.07 Å². The number of nitrogens with zero attached hydrogens (tertiary/aromatic N) is 2. The molecule has 1 amide bonds. The topological polar surface area (TPSA) is 64.9 Å². The Balaban J connectivity index is 1.53. The molecule has 1 aliphatic carbocycles. The number of carbonyl (C=O) groups is 1. The van der Waals surface area contributed by atoms with Gasteiger partial charge >= 0.3 is 0 Å². The maximum Gasteiger partial charge on any atom is 0.251 e. The summed E-state index contributed by atoms with van der Waals surface area (Å²) in [6.07, 6.45) is 4.23. The Morgan fingerprint density at radius 1 is 1.25 bits per heavy atom. The predicted octanol–water partition coefficient (Wildman–Crippen LogP) is 3.90. The van der Waals surface area contributed by atoms with Crippen molar-refractivity contribution in [1.82, 2.24) is 10.2 Å². The SMILES string of the molecule is Cc1ccc(C(=O)NC2c3cc(N=CN4CCCC4)ccc3C[C@@H]2O)cc1Br. The van der Waals surface area contributed by atoms with Gasteiger partial charge in [-0.25, -0.2) is 4.99 Å². The molecule has 2 aromatic carbocycles. The first kappa shape index (κ1) is 19.2. The summed E-state index contributed by atoms with van der Waals surface area (Å²) < 4.78 is 0.894. The summed E-state index contributed by atoms with van der Waals surface area (Å²) in [5.74, 6) is -0.191. The van der Waals surface area contributed by atoms with Crippen molar-refractivity contribution in [3.63, 3.8) is 0 Å². The van der Waals surface area contributed by atoms with Gasteiger partial charge in [0.2, 0.25) is 0 Å². The van der Waals surface area contributed by atoms with Crippen LogP contribution in [0, 0.1) is 6.92 Å². The minimum Gasteiger partial charge on any atom is -0.390 e. The molecule has 2 aromatic rings. The Kier molecular flexibility index (Phi) is 5.51. The summed E-state index contributed by atoms with van der Waals surface area (Å²) in [6.45, 7) is 4.09. The minimum atomic E-state index is -0.634. The van der Waals surface area contributed by atoms with Gasteiger partial charge in [-0.1, -0.05) is 28.1 Å². The average molecular weight is 442 g/mol. The Morgan fingerprint density at radius 2 is 2.04 bits per heavy atom. The zero-order valence-electron chi connectivity index (χ0n) is 15.9. The molecule has 146 valence electrons. The molecule has 0 bridgehead atoms. The highest BCUT2D eigenvalue weighted by atomic mass is 79.9. The van der Waals surface area contributed by atoms with E-state index in [1.807, 2.05) is 43.6 Å². The van der Waals surface area contributed by atoms with E-state index in [4.69, 9.17) is 0 Å². The molecule has 5 nitrogen and oxygen atoms in total. The van der Waals surface area contributed by atoms with E-state index < -0.39 is 12.1 Å². The van der Waals surface area contributed by atoms with Gasteiger partial charge in [0.1, 0.15) is 0 Å². The molecule has 0 saturated carbocycles. The van der Waals surface area contributed by atoms with E-state index in [1.165, 1.54) is 12.8 Å². The molecule has 4 rings (SSSR count). The molecule has 1 heterocycles. The molecule has 1 saturated heterocycles. The molecule has 1 fully saturated rings. The number of likely N-dealkylation sites (tertiary alicyclic amines) is 1. The number of hydrogen-bond donors (Lipinski definition) is 2. The first-order chi connectivity index (χ1) is 13.5. The third-order valence-corrected chi connectivity index (χ3v) is 6.36. The lowest BCUT2D eigenvalue weighted by atomic mass is 10.1. The number of rotatable bonds is 4. The fraction of sp³-hybridized carbons (Fsp3) is 0.364. The number of halogens is 1. The van der Waals surface area contributed by atoms with E-state index in [0.717, 1.165) is 39.9 Å². The molecule has 0 spiro atoms. The lowest BCUT2D eigenvalue weighted by molar-refractivity contribution is 0.0858. The van der Waals surface area contributed by atoms with Crippen LogP contribution in [-0.4, -0.2) is 41.4 Å². The number of aliphatic imine (C=N–C) groups is 1. The largest absolute Gasteiger partial charge is 0.390 e. The Bertz CT molecular complexity index is 922. The third kappa shape index (κ3) is 3.98. The summed E-state index contributed by atoms with van der Waals surface area (Å²) in [6, 6.07) is 11.0. The highest BCUT2D eigenvalue weighted by Crippen LogP contribution is 2.34. The number of benzene rings is 2. The standard InChI is InChI=1S/C22H24BrN3O2/c1-14-4-5-16(10-19(14)23)22(28)25-21-18-12-17(7-6-15(18)11-20(21)27)24-13-26-8-2-3-9-26/h4-7,10,12-13,20-21,27H,2-3,8-9,11H2,1H3,(H,25,28)/t20-,21?/m0/s1. The Labute approximate surface area is 173 Å². The molecule has 2 aliphatic rings. The summed E-state index contributed by atoms with van der Waals surface area (Å²) in [7, 11) is 0. The second kappa shape index (κ2) is 8.05. The maximum absolute atomic E-state index is 12.7. The van der Waals surface area contributed by atoms with Crippen molar-refractivity contribution in [2.24, 2.45) is 4.99 Å². The molecule has 28 heavy (non-hydrogen) atoms. The number of aryl methyl sites for hydroxylation is 1. The van der Waals surface area contributed by atoms with Gasteiger partial charge in [-0.05, 0) is 60.7 Å². The summed E-state index contributed by atoms with van der Waals surface area (Å²) >= 11 is 3.47. The van der Waals surface area contributed by atoms with Gasteiger partial charge < -0.3 is 15.3 Å². The van der Waals surface area contributed by atoms with Gasteiger partial charge in [-0.3, -0.25) is 4.79 Å². The third-order valence-electron chi connectivity index (χ3n) is 5.51. The molecule has 0 aromatic heterocycles. The van der Waals surface area contributed by atoms with Crippen molar-refractivity contribution >= 4 is 33.9 Å². The van der Waals surface area contributed by atoms with Crippen LogP contribution in [0.2, 0.25) is 0 Å². The van der Waals surface area contributed by atoms with Crippen LogP contribution in [0.5, 0.6) is 0 Å². The molecule has 2 atom stereocenters. The van der Waals surface area contributed by atoms with Crippen LogP contribution in [0.25, 0.3) is 0 Å². The molecule has 1 aliphatic heterocycles.